The van der Waals surface area contributed by atoms with Gasteiger partial charge in [-0.1, -0.05) is 17.8 Å². The molecule has 10 heteroatoms. The molecule has 0 bridgehead atoms. The van der Waals surface area contributed by atoms with E-state index in [1.165, 1.54) is 16.6 Å². The predicted octanol–water partition coefficient (Wildman–Crippen LogP) is 2.07. The Hall–Kier alpha value is -3.01. The van der Waals surface area contributed by atoms with Crippen LogP contribution in [0, 0.1) is 17.0 Å². The van der Waals surface area contributed by atoms with Crippen LogP contribution in [0.5, 0.6) is 0 Å². The number of carbonyl (C=O) groups excluding carboxylic acids is 1. The quantitative estimate of drug-likeness (QED) is 0.428. The van der Waals surface area contributed by atoms with Gasteiger partial charge in [-0.05, 0) is 19.1 Å². The Bertz CT molecular complexity index is 893. The first-order valence-corrected chi connectivity index (χ1v) is 7.87. The van der Waals surface area contributed by atoms with E-state index in [0.717, 1.165) is 11.8 Å². The molecule has 0 unspecified atom stereocenters. The number of thioether (sulfide) groups is 1. The molecule has 3 rings (SSSR count). The summed E-state index contributed by atoms with van der Waals surface area (Å²) in [6.07, 6.45) is 3.32. The first kappa shape index (κ1) is 15.9. The Morgan fingerprint density at radius 3 is 3.00 bits per heavy atom. The Balaban J connectivity index is 1.65. The van der Waals surface area contributed by atoms with Crippen LogP contribution in [0.3, 0.4) is 0 Å². The van der Waals surface area contributed by atoms with Gasteiger partial charge < -0.3 is 5.32 Å². The number of amides is 1. The fraction of sp³-hybridized carbons (Fsp3) is 0.143. The number of hydrogen-bond acceptors (Lipinski definition) is 7. The van der Waals surface area contributed by atoms with Gasteiger partial charge in [-0.3, -0.25) is 14.9 Å². The Kier molecular flexibility index (Phi) is 4.38. The van der Waals surface area contributed by atoms with Crippen LogP contribution in [0.2, 0.25) is 0 Å². The number of carbonyl (C=O) groups is 1. The summed E-state index contributed by atoms with van der Waals surface area (Å²) in [7, 11) is 0. The smallest absolute Gasteiger partial charge is 0.274 e. The lowest BCUT2D eigenvalue weighted by Crippen LogP contribution is -2.15. The minimum Gasteiger partial charge on any atom is -0.325 e. The maximum absolute atomic E-state index is 12.1. The Morgan fingerprint density at radius 2 is 2.25 bits per heavy atom. The van der Waals surface area contributed by atoms with Gasteiger partial charge >= 0.3 is 0 Å². The molecule has 0 spiro atoms. The summed E-state index contributed by atoms with van der Waals surface area (Å²) < 4.78 is 1.52. The molecule has 24 heavy (non-hydrogen) atoms. The van der Waals surface area contributed by atoms with E-state index < -0.39 is 4.92 Å². The van der Waals surface area contributed by atoms with E-state index in [1.54, 1.807) is 31.5 Å². The molecule has 0 atom stereocenters. The number of fused-ring (bicyclic) bond motifs is 1. The summed E-state index contributed by atoms with van der Waals surface area (Å²) >= 11 is 1.16. The number of nitro groups is 1. The van der Waals surface area contributed by atoms with Gasteiger partial charge in [0.25, 0.3) is 11.5 Å². The van der Waals surface area contributed by atoms with Crippen molar-refractivity contribution in [2.24, 2.45) is 0 Å². The van der Waals surface area contributed by atoms with Crippen molar-refractivity contribution in [3.63, 3.8) is 0 Å². The molecule has 3 aromatic rings. The number of nitrogens with one attached hydrogen (secondary N) is 1. The molecule has 0 saturated heterocycles. The average Bonchev–Trinajstić information content (AvgIpc) is 2.97. The van der Waals surface area contributed by atoms with E-state index in [4.69, 9.17) is 0 Å². The van der Waals surface area contributed by atoms with E-state index in [1.807, 2.05) is 0 Å². The third-order valence-corrected chi connectivity index (χ3v) is 4.04. The van der Waals surface area contributed by atoms with Crippen LogP contribution >= 0.6 is 11.8 Å². The van der Waals surface area contributed by atoms with Crippen molar-refractivity contribution in [1.82, 2.24) is 19.6 Å². The summed E-state index contributed by atoms with van der Waals surface area (Å²) in [5, 5.41) is 18.2. The van der Waals surface area contributed by atoms with Crippen molar-refractivity contribution >= 4 is 34.8 Å². The summed E-state index contributed by atoms with van der Waals surface area (Å²) in [5.74, 6) is 0.240. The molecule has 9 nitrogen and oxygen atoms in total. The van der Waals surface area contributed by atoms with Crippen LogP contribution in [0.1, 0.15) is 5.56 Å². The summed E-state index contributed by atoms with van der Waals surface area (Å²) in [4.78, 5) is 30.7. The molecular weight excluding hydrogens is 332 g/mol. The fourth-order valence-electron chi connectivity index (χ4n) is 2.05. The minimum atomic E-state index is -0.479. The van der Waals surface area contributed by atoms with Crippen molar-refractivity contribution < 1.29 is 9.72 Å². The number of anilines is 1. The Labute approximate surface area is 140 Å². The van der Waals surface area contributed by atoms with Gasteiger partial charge in [0.15, 0.2) is 0 Å². The highest BCUT2D eigenvalue weighted by atomic mass is 32.2. The number of nitrogens with zero attached hydrogens (tertiary/aromatic N) is 5. The van der Waals surface area contributed by atoms with Gasteiger partial charge in [-0.25, -0.2) is 9.50 Å². The van der Waals surface area contributed by atoms with Crippen molar-refractivity contribution in [3.05, 3.63) is 52.3 Å². The number of benzene rings is 1. The van der Waals surface area contributed by atoms with Gasteiger partial charge in [0.2, 0.25) is 11.1 Å². The molecule has 0 aliphatic carbocycles. The lowest BCUT2D eigenvalue weighted by Gasteiger charge is -2.07. The van der Waals surface area contributed by atoms with E-state index in [0.29, 0.717) is 22.2 Å². The zero-order valence-electron chi connectivity index (χ0n) is 12.5. The number of hydrogen-bond donors (Lipinski definition) is 1. The van der Waals surface area contributed by atoms with Gasteiger partial charge in [-0.2, -0.15) is 4.98 Å². The SMILES string of the molecule is Cc1c(NC(=O)CSc2nc3ncccn3n2)cccc1[N+](=O)[O-]. The van der Waals surface area contributed by atoms with Crippen molar-refractivity contribution in [3.8, 4) is 0 Å². The number of aromatic nitrogens is 4. The highest BCUT2D eigenvalue weighted by Crippen LogP contribution is 2.25. The van der Waals surface area contributed by atoms with Gasteiger partial charge in [-0.15, -0.1) is 5.10 Å². The maximum atomic E-state index is 12.1. The maximum Gasteiger partial charge on any atom is 0.274 e. The summed E-state index contributed by atoms with van der Waals surface area (Å²) in [5.41, 5.74) is 0.795. The van der Waals surface area contributed by atoms with Crippen LogP contribution < -0.4 is 5.32 Å². The zero-order chi connectivity index (χ0) is 17.1. The first-order valence-electron chi connectivity index (χ1n) is 6.88. The van der Waals surface area contributed by atoms with Gasteiger partial charge in [0, 0.05) is 18.5 Å². The van der Waals surface area contributed by atoms with Gasteiger partial charge in [0.1, 0.15) is 0 Å². The molecular formula is C14H12N6O3S. The molecule has 0 fully saturated rings. The van der Waals surface area contributed by atoms with Crippen molar-refractivity contribution in [2.75, 3.05) is 11.1 Å². The fourth-order valence-corrected chi connectivity index (χ4v) is 2.67. The Morgan fingerprint density at radius 1 is 1.42 bits per heavy atom. The van der Waals surface area contributed by atoms with Crippen LogP contribution in [-0.4, -0.2) is 36.2 Å². The molecule has 2 heterocycles. The normalized spacial score (nSPS) is 10.7. The topological polar surface area (TPSA) is 115 Å². The van der Waals surface area contributed by atoms with Crippen molar-refractivity contribution in [1.29, 1.82) is 0 Å². The molecule has 0 saturated carbocycles. The molecule has 122 valence electrons. The molecule has 1 amide bonds. The molecule has 1 N–H and O–H groups in total. The molecule has 0 aliphatic heterocycles. The highest BCUT2D eigenvalue weighted by Gasteiger charge is 2.15. The van der Waals surface area contributed by atoms with E-state index >= 15 is 0 Å². The minimum absolute atomic E-state index is 0.0338. The monoisotopic (exact) mass is 344 g/mol. The van der Waals surface area contributed by atoms with Crippen LogP contribution in [0.4, 0.5) is 11.4 Å². The second-order valence-corrected chi connectivity index (χ2v) is 5.74. The lowest BCUT2D eigenvalue weighted by atomic mass is 10.1. The summed E-state index contributed by atoms with van der Waals surface area (Å²) in [6, 6.07) is 6.28. The van der Waals surface area contributed by atoms with E-state index in [2.05, 4.69) is 20.4 Å². The van der Waals surface area contributed by atoms with Crippen LogP contribution in [-0.2, 0) is 4.79 Å². The molecule has 0 radical (unpaired) electrons. The second-order valence-electron chi connectivity index (χ2n) is 4.80. The first-order chi connectivity index (χ1) is 11.5. The molecule has 0 aliphatic rings. The lowest BCUT2D eigenvalue weighted by molar-refractivity contribution is -0.385. The second kappa shape index (κ2) is 6.62. The third-order valence-electron chi connectivity index (χ3n) is 3.21. The van der Waals surface area contributed by atoms with E-state index in [-0.39, 0.29) is 17.3 Å². The van der Waals surface area contributed by atoms with Crippen molar-refractivity contribution in [2.45, 2.75) is 12.1 Å². The average molecular weight is 344 g/mol. The predicted molar refractivity (Wildman–Crippen MR) is 88.0 cm³/mol. The van der Waals surface area contributed by atoms with Crippen LogP contribution in [0.25, 0.3) is 5.78 Å². The van der Waals surface area contributed by atoms with Gasteiger partial charge in [0.05, 0.1) is 21.9 Å². The van der Waals surface area contributed by atoms with E-state index in [9.17, 15) is 14.9 Å². The van der Waals surface area contributed by atoms with Crippen LogP contribution in [0.15, 0.2) is 41.8 Å². The zero-order valence-corrected chi connectivity index (χ0v) is 13.4. The number of rotatable bonds is 5. The summed E-state index contributed by atoms with van der Waals surface area (Å²) in [6.45, 7) is 1.59. The molecule has 2 aromatic heterocycles. The standard InChI is InChI=1S/C14H12N6O3S/c1-9-10(4-2-5-11(9)20(22)23)16-12(21)8-24-14-17-13-15-6-3-7-19(13)18-14/h2-7H,8H2,1H3,(H,16,21). The third kappa shape index (κ3) is 3.33. The largest absolute Gasteiger partial charge is 0.325 e. The molecule has 1 aromatic carbocycles. The number of nitro benzene ring substituents is 1. The highest BCUT2D eigenvalue weighted by molar-refractivity contribution is 7.99.